The van der Waals surface area contributed by atoms with Crippen LogP contribution in [0, 0.1) is 12.8 Å². The van der Waals surface area contributed by atoms with E-state index < -0.39 is 23.7 Å². The Labute approximate surface area is 235 Å². The number of carbonyl (C=O) groups is 1. The fourth-order valence-corrected chi connectivity index (χ4v) is 4.99. The third-order valence-electron chi connectivity index (χ3n) is 7.00. The first-order valence-corrected chi connectivity index (χ1v) is 14.0. The van der Waals surface area contributed by atoms with Crippen LogP contribution >= 0.6 is 0 Å². The second-order valence-corrected chi connectivity index (χ2v) is 11.6. The van der Waals surface area contributed by atoms with Gasteiger partial charge in [-0.25, -0.2) is 4.98 Å². The molecule has 2 N–H and O–H groups in total. The van der Waals surface area contributed by atoms with Gasteiger partial charge in [-0.05, 0) is 71.6 Å². The Morgan fingerprint density at radius 2 is 1.98 bits per heavy atom. The first kappa shape index (κ1) is 29.8. The van der Waals surface area contributed by atoms with E-state index in [0.717, 1.165) is 55.0 Å². The van der Waals surface area contributed by atoms with E-state index in [1.807, 2.05) is 37.4 Å². The molecule has 218 valence electrons. The number of rotatable bonds is 10. The minimum absolute atomic E-state index is 0.0235. The molecule has 3 heterocycles. The van der Waals surface area contributed by atoms with E-state index >= 15 is 0 Å². The second kappa shape index (κ2) is 12.5. The van der Waals surface area contributed by atoms with Crippen molar-refractivity contribution in [3.8, 4) is 17.1 Å². The number of ether oxygens (including phenoxy) is 3. The summed E-state index contributed by atoms with van der Waals surface area (Å²) < 4.78 is 20.8. The predicted molar refractivity (Wildman–Crippen MR) is 154 cm³/mol. The molecule has 10 heteroatoms. The van der Waals surface area contributed by atoms with Crippen molar-refractivity contribution in [2.24, 2.45) is 13.0 Å². The SMILES string of the molecule is Cc1cc(-c2nc3cc(OCCNC(C(=O)OC(C)(C)C)C(C)O)ccc3n2CC2CCOCC2)cn(C)c1=O. The maximum Gasteiger partial charge on any atom is 0.326 e. The molecular formula is C30H42N4O6. The van der Waals surface area contributed by atoms with E-state index in [2.05, 4.69) is 9.88 Å². The number of hydrogen-bond acceptors (Lipinski definition) is 8. The van der Waals surface area contributed by atoms with Crippen molar-refractivity contribution in [3.05, 3.63) is 46.4 Å². The molecule has 0 bridgehead atoms. The van der Waals surface area contributed by atoms with Crippen LogP contribution in [-0.2, 0) is 27.9 Å². The molecule has 0 aliphatic carbocycles. The van der Waals surface area contributed by atoms with E-state index in [1.54, 1.807) is 39.3 Å². The molecule has 1 aromatic carbocycles. The van der Waals surface area contributed by atoms with E-state index in [-0.39, 0.29) is 12.2 Å². The standard InChI is InChI=1S/C30H42N4O6/c1-19-15-22(18-33(6)28(19)36)27-32-24-16-23(7-8-25(24)34(27)17-21-9-12-38-13-10-21)39-14-11-31-26(20(2)35)29(37)40-30(3,4)5/h7-8,15-16,18,20-21,26,31,35H,9-14,17H2,1-6H3. The molecule has 3 aromatic rings. The molecule has 0 amide bonds. The van der Waals surface area contributed by atoms with Crippen LogP contribution < -0.4 is 15.6 Å². The summed E-state index contributed by atoms with van der Waals surface area (Å²) in [6, 6.07) is 6.89. The molecule has 0 saturated carbocycles. The average Bonchev–Trinajstić information content (AvgIpc) is 3.23. The highest BCUT2D eigenvalue weighted by Crippen LogP contribution is 2.30. The van der Waals surface area contributed by atoms with Gasteiger partial charge >= 0.3 is 5.97 Å². The summed E-state index contributed by atoms with van der Waals surface area (Å²) in [6.45, 7) is 11.7. The summed E-state index contributed by atoms with van der Waals surface area (Å²) in [4.78, 5) is 29.8. The van der Waals surface area contributed by atoms with Crippen molar-refractivity contribution >= 4 is 17.0 Å². The molecule has 2 aromatic heterocycles. The second-order valence-electron chi connectivity index (χ2n) is 11.6. The number of imidazole rings is 1. The number of aryl methyl sites for hydroxylation is 2. The maximum absolute atomic E-state index is 12.4. The number of carbonyl (C=O) groups excluding carboxylic acids is 1. The zero-order valence-corrected chi connectivity index (χ0v) is 24.4. The lowest BCUT2D eigenvalue weighted by atomic mass is 10.00. The minimum atomic E-state index is -0.912. The van der Waals surface area contributed by atoms with Gasteiger partial charge in [0.05, 0.1) is 17.1 Å². The number of benzene rings is 1. The Hall–Kier alpha value is -3.21. The Balaban J connectivity index is 1.53. The smallest absolute Gasteiger partial charge is 0.326 e. The normalized spacial score (nSPS) is 16.2. The number of nitrogens with one attached hydrogen (secondary N) is 1. The van der Waals surface area contributed by atoms with Gasteiger partial charge in [-0.3, -0.25) is 14.9 Å². The van der Waals surface area contributed by atoms with Crippen molar-refractivity contribution in [1.82, 2.24) is 19.4 Å². The molecule has 0 radical (unpaired) electrons. The summed E-state index contributed by atoms with van der Waals surface area (Å²) in [6.07, 6.45) is 2.92. The summed E-state index contributed by atoms with van der Waals surface area (Å²) in [5.74, 6) is 1.45. The Morgan fingerprint density at radius 1 is 1.25 bits per heavy atom. The monoisotopic (exact) mass is 554 g/mol. The van der Waals surface area contributed by atoms with Crippen molar-refractivity contribution in [2.45, 2.75) is 71.8 Å². The summed E-state index contributed by atoms with van der Waals surface area (Å²) >= 11 is 0. The molecule has 2 atom stereocenters. The summed E-state index contributed by atoms with van der Waals surface area (Å²) in [7, 11) is 1.76. The number of nitrogens with zero attached hydrogens (tertiary/aromatic N) is 3. The van der Waals surface area contributed by atoms with Crippen LogP contribution in [-0.4, -0.2) is 69.3 Å². The largest absolute Gasteiger partial charge is 0.492 e. The highest BCUT2D eigenvalue weighted by atomic mass is 16.6. The van der Waals surface area contributed by atoms with Crippen LogP contribution in [0.2, 0.25) is 0 Å². The van der Waals surface area contributed by atoms with Crippen molar-refractivity contribution in [2.75, 3.05) is 26.4 Å². The van der Waals surface area contributed by atoms with Gasteiger partial charge < -0.3 is 28.5 Å². The van der Waals surface area contributed by atoms with Crippen LogP contribution in [0.25, 0.3) is 22.4 Å². The van der Waals surface area contributed by atoms with Gasteiger partial charge in [-0.15, -0.1) is 0 Å². The van der Waals surface area contributed by atoms with Crippen LogP contribution in [0.1, 0.15) is 46.1 Å². The number of esters is 1. The molecule has 1 aliphatic rings. The topological polar surface area (TPSA) is 117 Å². The van der Waals surface area contributed by atoms with Crippen molar-refractivity contribution in [3.63, 3.8) is 0 Å². The number of aliphatic hydroxyl groups excluding tert-OH is 1. The van der Waals surface area contributed by atoms with Crippen LogP contribution in [0.5, 0.6) is 5.75 Å². The third-order valence-corrected chi connectivity index (χ3v) is 7.00. The molecule has 10 nitrogen and oxygen atoms in total. The predicted octanol–water partition coefficient (Wildman–Crippen LogP) is 3.20. The van der Waals surface area contributed by atoms with Gasteiger partial charge in [-0.2, -0.15) is 0 Å². The fraction of sp³-hybridized carbons (Fsp3) is 0.567. The zero-order chi connectivity index (χ0) is 29.0. The third kappa shape index (κ3) is 7.30. The molecule has 1 aliphatic heterocycles. The van der Waals surface area contributed by atoms with Gasteiger partial charge in [0.2, 0.25) is 0 Å². The Bertz CT molecular complexity index is 1360. The highest BCUT2D eigenvalue weighted by molar-refractivity contribution is 5.82. The molecule has 4 rings (SSSR count). The Morgan fingerprint density at radius 3 is 2.62 bits per heavy atom. The van der Waals surface area contributed by atoms with Crippen LogP contribution in [0.4, 0.5) is 0 Å². The van der Waals surface area contributed by atoms with Gasteiger partial charge in [0, 0.05) is 56.7 Å². The lowest BCUT2D eigenvalue weighted by Gasteiger charge is -2.26. The Kier molecular flexibility index (Phi) is 9.33. The lowest BCUT2D eigenvalue weighted by Crippen LogP contribution is -2.48. The molecule has 40 heavy (non-hydrogen) atoms. The van der Waals surface area contributed by atoms with Crippen LogP contribution in [0.3, 0.4) is 0 Å². The van der Waals surface area contributed by atoms with E-state index in [9.17, 15) is 14.7 Å². The number of hydrogen-bond donors (Lipinski definition) is 2. The van der Waals surface area contributed by atoms with E-state index in [4.69, 9.17) is 19.2 Å². The quantitative estimate of drug-likeness (QED) is 0.290. The van der Waals surface area contributed by atoms with Gasteiger partial charge in [0.15, 0.2) is 0 Å². The molecule has 0 spiro atoms. The van der Waals surface area contributed by atoms with Crippen LogP contribution in [0.15, 0.2) is 35.3 Å². The molecule has 1 fully saturated rings. The first-order chi connectivity index (χ1) is 18.9. The number of aromatic nitrogens is 3. The van der Waals surface area contributed by atoms with Gasteiger partial charge in [0.25, 0.3) is 5.56 Å². The highest BCUT2D eigenvalue weighted by Gasteiger charge is 2.28. The lowest BCUT2D eigenvalue weighted by molar-refractivity contribution is -0.160. The average molecular weight is 555 g/mol. The number of fused-ring (bicyclic) bond motifs is 1. The minimum Gasteiger partial charge on any atom is -0.492 e. The van der Waals surface area contributed by atoms with Gasteiger partial charge in [0.1, 0.15) is 29.8 Å². The van der Waals surface area contributed by atoms with Crippen molar-refractivity contribution < 1.29 is 24.1 Å². The van der Waals surface area contributed by atoms with Crippen molar-refractivity contribution in [1.29, 1.82) is 0 Å². The first-order valence-electron chi connectivity index (χ1n) is 14.0. The summed E-state index contributed by atoms with van der Waals surface area (Å²) in [5, 5.41) is 13.1. The summed E-state index contributed by atoms with van der Waals surface area (Å²) in [5.41, 5.74) is 2.69. The fourth-order valence-electron chi connectivity index (χ4n) is 4.99. The number of aliphatic hydroxyl groups is 1. The molecule has 1 saturated heterocycles. The molecular weight excluding hydrogens is 512 g/mol. The maximum atomic E-state index is 12.4. The zero-order valence-electron chi connectivity index (χ0n) is 24.4. The molecule has 2 unspecified atom stereocenters. The van der Waals surface area contributed by atoms with E-state index in [1.165, 1.54) is 0 Å². The van der Waals surface area contributed by atoms with E-state index in [0.29, 0.717) is 23.8 Å². The number of pyridine rings is 1. The van der Waals surface area contributed by atoms with Gasteiger partial charge in [-0.1, -0.05) is 0 Å².